The van der Waals surface area contributed by atoms with Gasteiger partial charge in [0.25, 0.3) is 0 Å². The van der Waals surface area contributed by atoms with Crippen LogP contribution in [0.4, 0.5) is 8.78 Å². The van der Waals surface area contributed by atoms with Crippen molar-refractivity contribution in [3.05, 3.63) is 22.3 Å². The standard InChI is InChI=1S/C19H17F2I3O7S/c20-19(21,32(26,27)28)16(25)31-17-4-8-1-10(5-17)18(11(2-8)6-17)29-7-9-3-12(22)13(23)14(24)15(9)30-18/h3,8,10-11H,1-2,4-7H2,(H,26,27,28)/p-1. The first-order valence-electron chi connectivity index (χ1n) is 9.84. The summed E-state index contributed by atoms with van der Waals surface area (Å²) >= 11 is 6.79. The molecule has 0 aromatic heterocycles. The second-order valence-corrected chi connectivity index (χ2v) is 13.7. The van der Waals surface area contributed by atoms with Gasteiger partial charge in [-0.3, -0.25) is 0 Å². The van der Waals surface area contributed by atoms with E-state index in [0.717, 1.165) is 34.9 Å². The van der Waals surface area contributed by atoms with Crippen LogP contribution in [0.1, 0.15) is 37.7 Å². The van der Waals surface area contributed by atoms with E-state index in [-0.39, 0.29) is 30.6 Å². The lowest BCUT2D eigenvalue weighted by Crippen LogP contribution is -2.68. The molecule has 1 spiro atoms. The molecular weight excluding hydrogens is 791 g/mol. The molecule has 0 saturated heterocycles. The maximum absolute atomic E-state index is 13.8. The summed E-state index contributed by atoms with van der Waals surface area (Å²) in [6.07, 6.45) is 2.27. The number of rotatable bonds is 3. The molecule has 1 aliphatic heterocycles. The highest BCUT2D eigenvalue weighted by atomic mass is 127. The quantitative estimate of drug-likeness (QED) is 0.194. The van der Waals surface area contributed by atoms with E-state index in [1.54, 1.807) is 0 Å². The molecule has 5 aliphatic rings. The van der Waals surface area contributed by atoms with Gasteiger partial charge in [-0.25, -0.2) is 13.2 Å². The third-order valence-electron chi connectivity index (χ3n) is 7.04. The van der Waals surface area contributed by atoms with Crippen LogP contribution in [0.3, 0.4) is 0 Å². The molecule has 32 heavy (non-hydrogen) atoms. The first-order valence-corrected chi connectivity index (χ1v) is 14.5. The van der Waals surface area contributed by atoms with Crippen LogP contribution in [0.5, 0.6) is 5.75 Å². The van der Waals surface area contributed by atoms with Crippen molar-refractivity contribution in [2.24, 2.45) is 17.8 Å². The molecule has 0 radical (unpaired) electrons. The van der Waals surface area contributed by atoms with Crippen LogP contribution in [-0.2, 0) is 31.0 Å². The van der Waals surface area contributed by atoms with Gasteiger partial charge in [0.05, 0.1) is 10.2 Å². The number of alkyl halides is 2. The molecule has 1 aromatic rings. The Hall–Kier alpha value is 0.410. The Balaban J connectivity index is 1.45. The van der Waals surface area contributed by atoms with E-state index < -0.39 is 32.7 Å². The van der Waals surface area contributed by atoms with Crippen molar-refractivity contribution in [3.8, 4) is 5.75 Å². The molecule has 0 N–H and O–H groups in total. The lowest BCUT2D eigenvalue weighted by atomic mass is 9.51. The first-order chi connectivity index (χ1) is 14.8. The summed E-state index contributed by atoms with van der Waals surface area (Å²) in [4.78, 5) is 12.0. The predicted octanol–water partition coefficient (Wildman–Crippen LogP) is 4.37. The van der Waals surface area contributed by atoms with E-state index in [0.29, 0.717) is 13.0 Å². The lowest BCUT2D eigenvalue weighted by Gasteiger charge is -2.63. The van der Waals surface area contributed by atoms with Crippen LogP contribution in [0, 0.1) is 28.5 Å². The van der Waals surface area contributed by atoms with E-state index in [1.165, 1.54) is 0 Å². The number of benzene rings is 1. The maximum Gasteiger partial charge on any atom is 0.428 e. The molecule has 4 aliphatic carbocycles. The Labute approximate surface area is 223 Å². The fourth-order valence-electron chi connectivity index (χ4n) is 5.96. The zero-order chi connectivity index (χ0) is 23.3. The number of esters is 1. The van der Waals surface area contributed by atoms with E-state index >= 15 is 0 Å². The number of halogens is 5. The van der Waals surface area contributed by atoms with Crippen molar-refractivity contribution in [2.75, 3.05) is 0 Å². The van der Waals surface area contributed by atoms with Gasteiger partial charge in [-0.2, -0.15) is 8.78 Å². The number of carbonyl (C=O) groups is 1. The number of ether oxygens (including phenoxy) is 3. The summed E-state index contributed by atoms with van der Waals surface area (Å²) in [5.74, 6) is -2.77. The molecule has 2 atom stereocenters. The van der Waals surface area contributed by atoms with Crippen molar-refractivity contribution < 1.29 is 40.8 Å². The van der Waals surface area contributed by atoms with Crippen molar-refractivity contribution >= 4 is 83.9 Å². The summed E-state index contributed by atoms with van der Waals surface area (Å²) in [6.45, 7) is 0.356. The summed E-state index contributed by atoms with van der Waals surface area (Å²) in [5, 5.41) is -5.12. The largest absolute Gasteiger partial charge is 0.743 e. The Morgan fingerprint density at radius 3 is 2.38 bits per heavy atom. The van der Waals surface area contributed by atoms with Gasteiger partial charge in [-0.15, -0.1) is 0 Å². The van der Waals surface area contributed by atoms with Crippen LogP contribution in [0.2, 0.25) is 0 Å². The van der Waals surface area contributed by atoms with Crippen LogP contribution in [0.25, 0.3) is 0 Å². The van der Waals surface area contributed by atoms with Gasteiger partial charge in [0.15, 0.2) is 10.1 Å². The highest BCUT2D eigenvalue weighted by molar-refractivity contribution is 14.1. The molecule has 176 valence electrons. The predicted molar refractivity (Wildman–Crippen MR) is 130 cm³/mol. The van der Waals surface area contributed by atoms with Crippen LogP contribution in [-0.4, -0.2) is 35.6 Å². The summed E-state index contributed by atoms with van der Waals surface area (Å²) in [7, 11) is -6.17. The van der Waals surface area contributed by atoms with Gasteiger partial charge in [0.2, 0.25) is 5.79 Å². The fraction of sp³-hybridized carbons (Fsp3) is 0.632. The van der Waals surface area contributed by atoms with Gasteiger partial charge in [-0.05, 0) is 112 Å². The van der Waals surface area contributed by atoms with E-state index in [9.17, 15) is 26.5 Å². The van der Waals surface area contributed by atoms with E-state index in [2.05, 4.69) is 67.8 Å². The first kappa shape index (κ1) is 24.1. The molecular formula is C19H16F2I3O7S-. The minimum atomic E-state index is -6.17. The zero-order valence-electron chi connectivity index (χ0n) is 16.2. The highest BCUT2D eigenvalue weighted by Crippen LogP contribution is 2.64. The summed E-state index contributed by atoms with van der Waals surface area (Å²) < 4.78 is 81.4. The van der Waals surface area contributed by atoms with Crippen LogP contribution >= 0.6 is 67.8 Å². The smallest absolute Gasteiger partial charge is 0.428 e. The Morgan fingerprint density at radius 2 is 1.78 bits per heavy atom. The number of fused-ring (bicyclic) bond motifs is 1. The second kappa shape index (κ2) is 7.70. The van der Waals surface area contributed by atoms with Crippen molar-refractivity contribution in [3.63, 3.8) is 0 Å². The summed E-state index contributed by atoms with van der Waals surface area (Å²) in [5.41, 5.74) is -0.298. The molecule has 4 saturated carbocycles. The molecule has 0 amide bonds. The molecule has 2 unspecified atom stereocenters. The monoisotopic (exact) mass is 807 g/mol. The molecule has 1 heterocycles. The molecule has 6 rings (SSSR count). The average Bonchev–Trinajstić information content (AvgIpc) is 2.69. The number of carbonyl (C=O) groups excluding carboxylic acids is 1. The Bertz CT molecular complexity index is 1110. The second-order valence-electron chi connectivity index (χ2n) is 8.97. The third kappa shape index (κ3) is 3.52. The van der Waals surface area contributed by atoms with Gasteiger partial charge in [0, 0.05) is 24.5 Å². The van der Waals surface area contributed by atoms with Crippen molar-refractivity contribution in [2.45, 2.75) is 55.4 Å². The number of hydrogen-bond acceptors (Lipinski definition) is 7. The molecule has 13 heteroatoms. The van der Waals surface area contributed by atoms with Crippen LogP contribution < -0.4 is 4.74 Å². The maximum atomic E-state index is 13.8. The minimum Gasteiger partial charge on any atom is -0.743 e. The molecule has 1 aromatic carbocycles. The third-order valence-corrected chi connectivity index (χ3v) is 12.9. The topological polar surface area (TPSA) is 102 Å². The number of hydrogen-bond donors (Lipinski definition) is 0. The van der Waals surface area contributed by atoms with Gasteiger partial charge >= 0.3 is 11.2 Å². The highest BCUT2D eigenvalue weighted by Gasteiger charge is 2.68. The van der Waals surface area contributed by atoms with Crippen molar-refractivity contribution in [1.82, 2.24) is 0 Å². The van der Waals surface area contributed by atoms with Gasteiger partial charge in [0.1, 0.15) is 11.4 Å². The average molecular weight is 807 g/mol. The summed E-state index contributed by atoms with van der Waals surface area (Å²) in [6, 6.07) is 2.03. The Kier molecular flexibility index (Phi) is 5.81. The zero-order valence-corrected chi connectivity index (χ0v) is 23.5. The van der Waals surface area contributed by atoms with E-state index in [1.807, 2.05) is 6.07 Å². The van der Waals surface area contributed by atoms with Gasteiger partial charge in [-0.1, -0.05) is 0 Å². The molecule has 4 bridgehead atoms. The van der Waals surface area contributed by atoms with Crippen LogP contribution in [0.15, 0.2) is 6.07 Å². The SMILES string of the molecule is O=C(OC12CC3CC(C1)C1(OCc4cc(I)c(I)c(I)c4O1)C(C3)C2)C(F)(F)S(=O)(=O)[O-]. The molecule has 7 nitrogen and oxygen atoms in total. The fourth-order valence-corrected chi connectivity index (χ4v) is 8.52. The lowest BCUT2D eigenvalue weighted by molar-refractivity contribution is -0.338. The van der Waals surface area contributed by atoms with Crippen molar-refractivity contribution in [1.29, 1.82) is 0 Å². The molecule has 4 fully saturated rings. The normalized spacial score (nSPS) is 35.5. The Morgan fingerprint density at radius 1 is 1.16 bits per heavy atom. The van der Waals surface area contributed by atoms with Gasteiger partial charge < -0.3 is 18.8 Å². The van der Waals surface area contributed by atoms with E-state index in [4.69, 9.17) is 14.2 Å². The minimum absolute atomic E-state index is 0.118.